The van der Waals surface area contributed by atoms with Crippen molar-refractivity contribution in [1.29, 1.82) is 0 Å². The third-order valence-electron chi connectivity index (χ3n) is 2.79. The van der Waals surface area contributed by atoms with E-state index in [-0.39, 0.29) is 12.3 Å². The second-order valence-electron chi connectivity index (χ2n) is 4.31. The number of rotatable bonds is 6. The number of aliphatic carboxylic acids is 1. The van der Waals surface area contributed by atoms with Gasteiger partial charge in [0.1, 0.15) is 5.75 Å². The molecule has 0 bridgehead atoms. The summed E-state index contributed by atoms with van der Waals surface area (Å²) in [6.45, 7) is 6.65. The van der Waals surface area contributed by atoms with Crippen molar-refractivity contribution in [2.75, 3.05) is 6.61 Å². The smallest absolute Gasteiger partial charge is 0.303 e. The Morgan fingerprint density at radius 3 is 2.76 bits per heavy atom. The zero-order valence-electron chi connectivity index (χ0n) is 10.7. The summed E-state index contributed by atoms with van der Waals surface area (Å²) in [4.78, 5) is 10.6. The molecule has 0 radical (unpaired) electrons. The van der Waals surface area contributed by atoms with Gasteiger partial charge in [0.2, 0.25) is 0 Å². The summed E-state index contributed by atoms with van der Waals surface area (Å²) in [5.74, 6) is 0.325. The number of carboxylic acids is 1. The summed E-state index contributed by atoms with van der Waals surface area (Å²) < 4.78 is 5.57. The molecule has 0 heterocycles. The molecular weight excluding hydrogens is 216 g/mol. The van der Waals surface area contributed by atoms with Crippen molar-refractivity contribution in [3.8, 4) is 5.75 Å². The van der Waals surface area contributed by atoms with Gasteiger partial charge < -0.3 is 9.84 Å². The highest BCUT2D eigenvalue weighted by atomic mass is 16.5. The minimum absolute atomic E-state index is 0.195. The first-order valence-corrected chi connectivity index (χ1v) is 5.99. The highest BCUT2D eigenvalue weighted by Crippen LogP contribution is 2.30. The van der Waals surface area contributed by atoms with Gasteiger partial charge in [0, 0.05) is 6.42 Å². The molecule has 1 aromatic carbocycles. The predicted molar refractivity (Wildman–Crippen MR) is 67.6 cm³/mol. The number of benzene rings is 1. The van der Waals surface area contributed by atoms with E-state index in [2.05, 4.69) is 6.07 Å². The molecule has 0 fully saturated rings. The van der Waals surface area contributed by atoms with E-state index >= 15 is 0 Å². The van der Waals surface area contributed by atoms with Crippen molar-refractivity contribution < 1.29 is 14.6 Å². The quantitative estimate of drug-likeness (QED) is 0.823. The van der Waals surface area contributed by atoms with Gasteiger partial charge in [-0.2, -0.15) is 0 Å². The fourth-order valence-electron chi connectivity index (χ4n) is 1.84. The molecule has 0 aliphatic heterocycles. The van der Waals surface area contributed by atoms with Gasteiger partial charge >= 0.3 is 5.97 Å². The Kier molecular flexibility index (Phi) is 5.01. The number of hydrogen-bond acceptors (Lipinski definition) is 2. The monoisotopic (exact) mass is 236 g/mol. The fourth-order valence-corrected chi connectivity index (χ4v) is 1.84. The van der Waals surface area contributed by atoms with E-state index in [9.17, 15) is 4.79 Å². The lowest BCUT2D eigenvalue weighted by molar-refractivity contribution is -0.137. The Bertz CT molecular complexity index is 385. The van der Waals surface area contributed by atoms with E-state index in [1.165, 1.54) is 5.56 Å². The van der Waals surface area contributed by atoms with Gasteiger partial charge in [0.25, 0.3) is 0 Å². The zero-order valence-corrected chi connectivity index (χ0v) is 10.7. The normalized spacial score (nSPS) is 12.2. The summed E-state index contributed by atoms with van der Waals surface area (Å²) >= 11 is 0. The summed E-state index contributed by atoms with van der Waals surface area (Å²) in [6.07, 6.45) is 0.833. The Balaban J connectivity index is 2.85. The van der Waals surface area contributed by atoms with Crippen LogP contribution in [0.1, 0.15) is 43.7 Å². The van der Waals surface area contributed by atoms with Crippen LogP contribution in [0.15, 0.2) is 18.2 Å². The van der Waals surface area contributed by atoms with E-state index < -0.39 is 5.97 Å². The number of carboxylic acid groups (broad SMARTS) is 1. The molecule has 17 heavy (non-hydrogen) atoms. The molecule has 0 spiro atoms. The lowest BCUT2D eigenvalue weighted by Gasteiger charge is -2.16. The van der Waals surface area contributed by atoms with Gasteiger partial charge in [-0.05, 0) is 37.8 Å². The minimum Gasteiger partial charge on any atom is -0.494 e. The van der Waals surface area contributed by atoms with Crippen molar-refractivity contribution in [3.05, 3.63) is 29.3 Å². The number of hydrogen-bond donors (Lipinski definition) is 1. The standard InChI is InChI=1S/C14H20O3/c1-4-17-13-7-5-10(2)9-12(13)11(3)6-8-14(15)16/h5,7,9,11H,4,6,8H2,1-3H3,(H,15,16). The molecule has 1 rings (SSSR count). The third kappa shape index (κ3) is 4.10. The Morgan fingerprint density at radius 2 is 2.18 bits per heavy atom. The molecule has 0 aliphatic rings. The van der Waals surface area contributed by atoms with Crippen LogP contribution in [0.3, 0.4) is 0 Å². The van der Waals surface area contributed by atoms with Gasteiger partial charge in [-0.25, -0.2) is 0 Å². The van der Waals surface area contributed by atoms with Crippen LogP contribution < -0.4 is 4.74 Å². The highest BCUT2D eigenvalue weighted by Gasteiger charge is 2.13. The molecule has 1 aromatic rings. The maximum absolute atomic E-state index is 10.6. The molecule has 0 saturated carbocycles. The van der Waals surface area contributed by atoms with E-state index in [0.29, 0.717) is 13.0 Å². The van der Waals surface area contributed by atoms with E-state index in [1.807, 2.05) is 32.9 Å². The van der Waals surface area contributed by atoms with Crippen LogP contribution in [0.4, 0.5) is 0 Å². The van der Waals surface area contributed by atoms with E-state index in [0.717, 1.165) is 11.3 Å². The molecule has 1 unspecified atom stereocenters. The summed E-state index contributed by atoms with van der Waals surface area (Å²) in [5.41, 5.74) is 2.28. The molecule has 0 saturated heterocycles. The Labute approximate surface area is 102 Å². The Morgan fingerprint density at radius 1 is 1.47 bits per heavy atom. The molecule has 3 nitrogen and oxygen atoms in total. The van der Waals surface area contributed by atoms with Crippen LogP contribution in [0.25, 0.3) is 0 Å². The molecule has 0 aliphatic carbocycles. The average Bonchev–Trinajstić information content (AvgIpc) is 2.28. The minimum atomic E-state index is -0.748. The molecule has 1 atom stereocenters. The van der Waals surface area contributed by atoms with Gasteiger partial charge in [-0.3, -0.25) is 4.79 Å². The Hall–Kier alpha value is -1.51. The summed E-state index contributed by atoms with van der Waals surface area (Å²) in [6, 6.07) is 6.06. The predicted octanol–water partition coefficient (Wildman–Crippen LogP) is 3.36. The summed E-state index contributed by atoms with van der Waals surface area (Å²) in [7, 11) is 0. The maximum Gasteiger partial charge on any atom is 0.303 e. The SMILES string of the molecule is CCOc1ccc(C)cc1C(C)CCC(=O)O. The van der Waals surface area contributed by atoms with Crippen LogP contribution in [0, 0.1) is 6.92 Å². The first kappa shape index (κ1) is 13.6. The molecule has 3 heteroatoms. The summed E-state index contributed by atoms with van der Waals surface area (Å²) in [5, 5.41) is 8.71. The number of aryl methyl sites for hydroxylation is 1. The lowest BCUT2D eigenvalue weighted by atomic mass is 9.94. The topological polar surface area (TPSA) is 46.5 Å². The third-order valence-corrected chi connectivity index (χ3v) is 2.79. The molecule has 0 amide bonds. The van der Waals surface area contributed by atoms with Gasteiger partial charge in [-0.1, -0.05) is 24.6 Å². The second-order valence-corrected chi connectivity index (χ2v) is 4.31. The molecule has 0 aromatic heterocycles. The highest BCUT2D eigenvalue weighted by molar-refractivity contribution is 5.66. The van der Waals surface area contributed by atoms with Gasteiger partial charge in [0.15, 0.2) is 0 Å². The molecule has 94 valence electrons. The number of ether oxygens (including phenoxy) is 1. The van der Waals surface area contributed by atoms with Crippen LogP contribution in [-0.4, -0.2) is 17.7 Å². The maximum atomic E-state index is 10.6. The molecule has 1 N–H and O–H groups in total. The van der Waals surface area contributed by atoms with Gasteiger partial charge in [0.05, 0.1) is 6.61 Å². The first-order chi connectivity index (χ1) is 8.04. The molecular formula is C14H20O3. The second kappa shape index (κ2) is 6.28. The van der Waals surface area contributed by atoms with Crippen molar-refractivity contribution in [1.82, 2.24) is 0 Å². The zero-order chi connectivity index (χ0) is 12.8. The van der Waals surface area contributed by atoms with Crippen LogP contribution in [0.2, 0.25) is 0 Å². The average molecular weight is 236 g/mol. The first-order valence-electron chi connectivity index (χ1n) is 5.99. The van der Waals surface area contributed by atoms with Crippen molar-refractivity contribution in [2.24, 2.45) is 0 Å². The van der Waals surface area contributed by atoms with Crippen molar-refractivity contribution in [3.63, 3.8) is 0 Å². The van der Waals surface area contributed by atoms with Crippen LogP contribution in [-0.2, 0) is 4.79 Å². The van der Waals surface area contributed by atoms with E-state index in [1.54, 1.807) is 0 Å². The van der Waals surface area contributed by atoms with Gasteiger partial charge in [-0.15, -0.1) is 0 Å². The van der Waals surface area contributed by atoms with Crippen LogP contribution >= 0.6 is 0 Å². The lowest BCUT2D eigenvalue weighted by Crippen LogP contribution is -2.03. The largest absolute Gasteiger partial charge is 0.494 e. The van der Waals surface area contributed by atoms with Crippen LogP contribution in [0.5, 0.6) is 5.75 Å². The number of carbonyl (C=O) groups is 1. The van der Waals surface area contributed by atoms with Crippen molar-refractivity contribution >= 4 is 5.97 Å². The van der Waals surface area contributed by atoms with Crippen molar-refractivity contribution in [2.45, 2.75) is 39.5 Å². The fraction of sp³-hybridized carbons (Fsp3) is 0.500. The van der Waals surface area contributed by atoms with E-state index in [4.69, 9.17) is 9.84 Å².